The van der Waals surface area contributed by atoms with E-state index in [-0.39, 0.29) is 5.91 Å². The molecule has 1 N–H and O–H groups in total. The summed E-state index contributed by atoms with van der Waals surface area (Å²) in [7, 11) is 0. The van der Waals surface area contributed by atoms with Crippen molar-refractivity contribution < 1.29 is 19.1 Å². The Morgan fingerprint density at radius 1 is 1.33 bits per heavy atom. The minimum absolute atomic E-state index is 0.312. The van der Waals surface area contributed by atoms with Crippen molar-refractivity contribution in [1.29, 1.82) is 0 Å². The van der Waals surface area contributed by atoms with Gasteiger partial charge in [-0.25, -0.2) is 9.18 Å². The Bertz CT molecular complexity index is 430. The van der Waals surface area contributed by atoms with Crippen LogP contribution in [-0.4, -0.2) is 28.4 Å². The maximum absolute atomic E-state index is 12.8. The van der Waals surface area contributed by atoms with Crippen LogP contribution in [0.5, 0.6) is 0 Å². The van der Waals surface area contributed by atoms with Crippen LogP contribution in [0.1, 0.15) is 31.9 Å². The molecule has 1 amide bonds. The first kappa shape index (κ1) is 14.2. The van der Waals surface area contributed by atoms with Crippen LogP contribution in [-0.2, 0) is 9.59 Å². The van der Waals surface area contributed by atoms with Gasteiger partial charge in [-0.3, -0.25) is 4.79 Å². The number of carboxylic acid groups (broad SMARTS) is 1. The molecule has 0 fully saturated rings. The van der Waals surface area contributed by atoms with E-state index in [2.05, 4.69) is 0 Å². The second-order valence-corrected chi connectivity index (χ2v) is 4.00. The zero-order valence-electron chi connectivity index (χ0n) is 10.4. The molecule has 1 aromatic carbocycles. The van der Waals surface area contributed by atoms with Gasteiger partial charge in [-0.1, -0.05) is 19.1 Å². The lowest BCUT2D eigenvalue weighted by atomic mass is 10.0. The third kappa shape index (κ3) is 3.29. The highest BCUT2D eigenvalue weighted by atomic mass is 19.1. The van der Waals surface area contributed by atoms with Crippen molar-refractivity contribution in [2.75, 3.05) is 6.54 Å². The Balaban J connectivity index is 3.11. The zero-order chi connectivity index (χ0) is 13.7. The molecule has 1 atom stereocenters. The number of carbonyl (C=O) groups excluding carboxylic acids is 1. The van der Waals surface area contributed by atoms with Crippen LogP contribution in [0.25, 0.3) is 0 Å². The number of rotatable bonds is 5. The number of hydrogen-bond donors (Lipinski definition) is 1. The van der Waals surface area contributed by atoms with Gasteiger partial charge in [0.25, 0.3) is 0 Å². The maximum atomic E-state index is 12.8. The molecule has 0 aliphatic heterocycles. The Morgan fingerprint density at radius 2 is 1.89 bits per heavy atom. The van der Waals surface area contributed by atoms with Crippen LogP contribution >= 0.6 is 0 Å². The van der Waals surface area contributed by atoms with E-state index in [9.17, 15) is 19.1 Å². The van der Waals surface area contributed by atoms with Gasteiger partial charge < -0.3 is 10.0 Å². The molecule has 1 aromatic rings. The van der Waals surface area contributed by atoms with Gasteiger partial charge >= 0.3 is 5.97 Å². The van der Waals surface area contributed by atoms with Crippen molar-refractivity contribution in [3.63, 3.8) is 0 Å². The first-order chi connectivity index (χ1) is 8.47. The van der Waals surface area contributed by atoms with E-state index in [0.29, 0.717) is 18.5 Å². The topological polar surface area (TPSA) is 57.6 Å². The van der Waals surface area contributed by atoms with E-state index >= 15 is 0 Å². The number of halogens is 1. The summed E-state index contributed by atoms with van der Waals surface area (Å²) in [6.45, 7) is 3.54. The molecule has 1 unspecified atom stereocenters. The molecule has 1 rings (SSSR count). The van der Waals surface area contributed by atoms with Gasteiger partial charge in [-0.2, -0.15) is 0 Å². The van der Waals surface area contributed by atoms with Crippen LogP contribution < -0.4 is 0 Å². The predicted molar refractivity (Wildman–Crippen MR) is 64.5 cm³/mol. The van der Waals surface area contributed by atoms with Crippen molar-refractivity contribution in [3.8, 4) is 0 Å². The molecule has 0 aliphatic carbocycles. The number of carbonyl (C=O) groups is 2. The number of benzene rings is 1. The molecule has 0 saturated carbocycles. The molecule has 4 nitrogen and oxygen atoms in total. The van der Waals surface area contributed by atoms with Crippen molar-refractivity contribution in [1.82, 2.24) is 4.90 Å². The van der Waals surface area contributed by atoms with Crippen LogP contribution in [0.4, 0.5) is 4.39 Å². The Labute approximate surface area is 105 Å². The predicted octanol–water partition coefficient (Wildman–Crippen LogP) is 2.21. The van der Waals surface area contributed by atoms with Gasteiger partial charge in [0, 0.05) is 13.5 Å². The number of hydrogen-bond acceptors (Lipinski definition) is 2. The molecule has 0 radical (unpaired) electrons. The van der Waals surface area contributed by atoms with Crippen LogP contribution in [0.2, 0.25) is 0 Å². The summed E-state index contributed by atoms with van der Waals surface area (Å²) >= 11 is 0. The molecule has 0 saturated heterocycles. The lowest BCUT2D eigenvalue weighted by Crippen LogP contribution is -2.38. The van der Waals surface area contributed by atoms with E-state index in [1.165, 1.54) is 36.1 Å². The largest absolute Gasteiger partial charge is 0.479 e. The van der Waals surface area contributed by atoms with Crippen molar-refractivity contribution in [2.45, 2.75) is 26.3 Å². The molecule has 0 aliphatic rings. The van der Waals surface area contributed by atoms with Gasteiger partial charge in [-0.15, -0.1) is 0 Å². The lowest BCUT2D eigenvalue weighted by Gasteiger charge is -2.27. The van der Waals surface area contributed by atoms with Crippen molar-refractivity contribution in [3.05, 3.63) is 35.6 Å². The number of nitrogens with zero attached hydrogens (tertiary/aromatic N) is 1. The summed E-state index contributed by atoms with van der Waals surface area (Å²) in [5, 5.41) is 9.25. The fourth-order valence-electron chi connectivity index (χ4n) is 1.81. The maximum Gasteiger partial charge on any atom is 0.331 e. The average molecular weight is 253 g/mol. The molecule has 5 heteroatoms. The fraction of sp³-hybridized carbons (Fsp3) is 0.385. The number of amides is 1. The van der Waals surface area contributed by atoms with Gasteiger partial charge in [0.05, 0.1) is 0 Å². The molecular weight excluding hydrogens is 237 g/mol. The zero-order valence-corrected chi connectivity index (χ0v) is 10.4. The van der Waals surface area contributed by atoms with E-state index in [1.807, 2.05) is 6.92 Å². The second kappa shape index (κ2) is 6.14. The summed E-state index contributed by atoms with van der Waals surface area (Å²) in [5.41, 5.74) is 0.396. The number of carboxylic acids is 1. The molecule has 0 spiro atoms. The Hall–Kier alpha value is -1.91. The van der Waals surface area contributed by atoms with Gasteiger partial charge in [-0.05, 0) is 24.1 Å². The average Bonchev–Trinajstić information content (AvgIpc) is 2.30. The highest BCUT2D eigenvalue weighted by Crippen LogP contribution is 2.22. The van der Waals surface area contributed by atoms with Gasteiger partial charge in [0.15, 0.2) is 6.04 Å². The normalized spacial score (nSPS) is 11.9. The van der Waals surface area contributed by atoms with Crippen LogP contribution in [0.15, 0.2) is 24.3 Å². The highest BCUT2D eigenvalue weighted by molar-refractivity contribution is 5.83. The van der Waals surface area contributed by atoms with Crippen LogP contribution in [0.3, 0.4) is 0 Å². The molecular formula is C13H16FNO3. The summed E-state index contributed by atoms with van der Waals surface area (Å²) in [6, 6.07) is 4.09. The quantitative estimate of drug-likeness (QED) is 0.875. The first-order valence-electron chi connectivity index (χ1n) is 5.72. The van der Waals surface area contributed by atoms with Crippen molar-refractivity contribution >= 4 is 11.9 Å². The van der Waals surface area contributed by atoms with Crippen molar-refractivity contribution in [2.24, 2.45) is 0 Å². The summed E-state index contributed by atoms with van der Waals surface area (Å²) in [6.07, 6.45) is 0.657. The van der Waals surface area contributed by atoms with E-state index < -0.39 is 17.8 Å². The first-order valence-corrected chi connectivity index (χ1v) is 5.72. The fourth-order valence-corrected chi connectivity index (χ4v) is 1.81. The summed E-state index contributed by atoms with van der Waals surface area (Å²) < 4.78 is 12.8. The van der Waals surface area contributed by atoms with Gasteiger partial charge in [0.2, 0.25) is 5.91 Å². The van der Waals surface area contributed by atoms with E-state index in [0.717, 1.165) is 0 Å². The lowest BCUT2D eigenvalue weighted by molar-refractivity contribution is -0.149. The molecule has 0 heterocycles. The monoisotopic (exact) mass is 253 g/mol. The third-order valence-electron chi connectivity index (χ3n) is 2.60. The summed E-state index contributed by atoms with van der Waals surface area (Å²) in [5.74, 6) is -1.87. The second-order valence-electron chi connectivity index (χ2n) is 4.00. The molecule has 18 heavy (non-hydrogen) atoms. The molecule has 0 bridgehead atoms. The van der Waals surface area contributed by atoms with E-state index in [4.69, 9.17) is 0 Å². The van der Waals surface area contributed by atoms with Gasteiger partial charge in [0.1, 0.15) is 5.82 Å². The summed E-state index contributed by atoms with van der Waals surface area (Å²) in [4.78, 5) is 24.1. The highest BCUT2D eigenvalue weighted by Gasteiger charge is 2.28. The molecule has 0 aromatic heterocycles. The third-order valence-corrected chi connectivity index (χ3v) is 2.60. The number of aliphatic carboxylic acids is 1. The van der Waals surface area contributed by atoms with Crippen LogP contribution in [0, 0.1) is 5.82 Å². The smallest absolute Gasteiger partial charge is 0.331 e. The minimum Gasteiger partial charge on any atom is -0.479 e. The Kier molecular flexibility index (Phi) is 4.83. The standard InChI is InChI=1S/C13H16FNO3/c1-3-8-15(9(2)16)12(13(17)18)10-4-6-11(14)7-5-10/h4-7,12H,3,8H2,1-2H3,(H,17,18). The molecule has 98 valence electrons. The minimum atomic E-state index is -1.12. The van der Waals surface area contributed by atoms with E-state index in [1.54, 1.807) is 0 Å². The SMILES string of the molecule is CCCN(C(C)=O)C(C(=O)O)c1ccc(F)cc1. The Morgan fingerprint density at radius 3 is 2.28 bits per heavy atom.